The summed E-state index contributed by atoms with van der Waals surface area (Å²) < 4.78 is 18.8. The summed E-state index contributed by atoms with van der Waals surface area (Å²) in [7, 11) is 1.38. The van der Waals surface area contributed by atoms with E-state index >= 15 is 0 Å². The van der Waals surface area contributed by atoms with Crippen LogP contribution in [0, 0.1) is 0 Å². The highest BCUT2D eigenvalue weighted by atomic mass is 19.1. The Kier molecular flexibility index (Phi) is 3.25. The number of alkyl halides is 1. The van der Waals surface area contributed by atoms with Gasteiger partial charge in [0.05, 0.1) is 0 Å². The van der Waals surface area contributed by atoms with Gasteiger partial charge in [0.1, 0.15) is 11.7 Å². The second kappa shape index (κ2) is 4.32. The minimum absolute atomic E-state index is 0.0260. The molecule has 0 bridgehead atoms. The molecule has 0 radical (unpaired) electrons. The van der Waals surface area contributed by atoms with E-state index < -0.39 is 17.7 Å². The molecule has 2 rings (SSSR count). The molecule has 2 fully saturated rings. The third-order valence-corrected chi connectivity index (χ3v) is 4.16. The van der Waals surface area contributed by atoms with E-state index in [0.29, 0.717) is 13.0 Å². The first-order chi connectivity index (χ1) is 8.34. The summed E-state index contributed by atoms with van der Waals surface area (Å²) >= 11 is 0. The van der Waals surface area contributed by atoms with Crippen LogP contribution in [-0.4, -0.2) is 58.5 Å². The third-order valence-electron chi connectivity index (χ3n) is 4.16. The lowest BCUT2D eigenvalue weighted by Gasteiger charge is -2.41. The lowest BCUT2D eigenvalue weighted by Crippen LogP contribution is -2.62. The van der Waals surface area contributed by atoms with E-state index in [9.17, 15) is 14.6 Å². The Bertz CT molecular complexity index is 363. The van der Waals surface area contributed by atoms with E-state index in [0.717, 1.165) is 6.42 Å². The Morgan fingerprint density at radius 3 is 2.89 bits per heavy atom. The zero-order valence-electron chi connectivity index (χ0n) is 10.6. The van der Waals surface area contributed by atoms with Crippen LogP contribution in [0.1, 0.15) is 26.2 Å². The van der Waals surface area contributed by atoms with Gasteiger partial charge in [0.2, 0.25) is 0 Å². The summed E-state index contributed by atoms with van der Waals surface area (Å²) in [5, 5.41) is 20.4. The van der Waals surface area contributed by atoms with Crippen molar-refractivity contribution in [2.75, 3.05) is 13.6 Å². The quantitative estimate of drug-likeness (QED) is 0.356. The molecule has 2 aliphatic heterocycles. The number of nitrogens with zero attached hydrogens (tertiary/aromatic N) is 2. The van der Waals surface area contributed by atoms with Crippen molar-refractivity contribution < 1.29 is 19.3 Å². The van der Waals surface area contributed by atoms with E-state index in [2.05, 4.69) is 4.99 Å². The summed E-state index contributed by atoms with van der Waals surface area (Å²) in [5.74, 6) is -2.53. The first-order valence-electron chi connectivity index (χ1n) is 6.11. The Morgan fingerprint density at radius 2 is 2.28 bits per heavy atom. The van der Waals surface area contributed by atoms with Crippen molar-refractivity contribution in [2.45, 2.75) is 49.9 Å². The Labute approximate surface area is 105 Å². The maximum atomic E-state index is 13.9. The Balaban J connectivity index is 2.29. The molecule has 0 spiro atoms. The Hall–Kier alpha value is -0.920. The fourth-order valence-corrected chi connectivity index (χ4v) is 3.17. The summed E-state index contributed by atoms with van der Waals surface area (Å²) in [4.78, 5) is 5.30. The monoisotopic (exact) mass is 261 g/mol. The number of hydrogen-bond donors (Lipinski definition) is 3. The van der Waals surface area contributed by atoms with E-state index in [1.165, 1.54) is 7.05 Å². The maximum absolute atomic E-state index is 13.9. The van der Waals surface area contributed by atoms with Gasteiger partial charge in [-0.25, -0.2) is 9.38 Å². The number of halogens is 1. The SMILES string of the molecule is CN=C(N)OC(O)(O)[C@@]12CCCN1C(C)C(F)C2. The molecule has 3 atom stereocenters. The fourth-order valence-electron chi connectivity index (χ4n) is 3.17. The van der Waals surface area contributed by atoms with E-state index in [1.54, 1.807) is 11.8 Å². The zero-order chi connectivity index (χ0) is 13.6. The van der Waals surface area contributed by atoms with Crippen molar-refractivity contribution in [1.82, 2.24) is 4.90 Å². The second-order valence-electron chi connectivity index (χ2n) is 5.06. The van der Waals surface area contributed by atoms with Crippen LogP contribution in [-0.2, 0) is 4.74 Å². The number of rotatable bonds is 2. The average Bonchev–Trinajstić information content (AvgIpc) is 2.81. The first-order valence-corrected chi connectivity index (χ1v) is 6.11. The molecule has 2 unspecified atom stereocenters. The van der Waals surface area contributed by atoms with Crippen LogP contribution in [0.2, 0.25) is 0 Å². The molecule has 2 heterocycles. The molecule has 7 heteroatoms. The minimum Gasteiger partial charge on any atom is -0.406 e. The predicted molar refractivity (Wildman–Crippen MR) is 63.4 cm³/mol. The molecule has 0 saturated carbocycles. The molecular weight excluding hydrogens is 241 g/mol. The topological polar surface area (TPSA) is 91.3 Å². The van der Waals surface area contributed by atoms with Gasteiger partial charge >= 0.3 is 5.97 Å². The summed E-state index contributed by atoms with van der Waals surface area (Å²) in [6, 6.07) is -0.675. The van der Waals surface area contributed by atoms with Gasteiger partial charge in [0.25, 0.3) is 6.02 Å². The van der Waals surface area contributed by atoms with Gasteiger partial charge in [-0.3, -0.25) is 4.90 Å². The zero-order valence-corrected chi connectivity index (χ0v) is 10.6. The summed E-state index contributed by atoms with van der Waals surface area (Å²) in [6.07, 6.45) is 0.152. The number of aliphatic imine (C=N–C) groups is 1. The van der Waals surface area contributed by atoms with Crippen molar-refractivity contribution in [3.8, 4) is 0 Å². The molecule has 0 amide bonds. The highest BCUT2D eigenvalue weighted by molar-refractivity contribution is 5.71. The number of fused-ring (bicyclic) bond motifs is 1. The van der Waals surface area contributed by atoms with Gasteiger partial charge in [-0.1, -0.05) is 0 Å². The van der Waals surface area contributed by atoms with Crippen molar-refractivity contribution in [2.24, 2.45) is 10.7 Å². The molecule has 0 aromatic carbocycles. The van der Waals surface area contributed by atoms with Crippen LogP contribution in [0.4, 0.5) is 4.39 Å². The lowest BCUT2D eigenvalue weighted by molar-refractivity contribution is -0.356. The van der Waals surface area contributed by atoms with E-state index in [-0.39, 0.29) is 18.5 Å². The molecule has 2 aliphatic rings. The van der Waals surface area contributed by atoms with Gasteiger partial charge in [-0.2, -0.15) is 0 Å². The fraction of sp³-hybridized carbons (Fsp3) is 0.909. The van der Waals surface area contributed by atoms with Crippen LogP contribution < -0.4 is 5.73 Å². The molecule has 18 heavy (non-hydrogen) atoms. The normalized spacial score (nSPS) is 37.9. The molecule has 0 aromatic heterocycles. The second-order valence-corrected chi connectivity index (χ2v) is 5.06. The molecule has 0 aliphatic carbocycles. The van der Waals surface area contributed by atoms with Crippen LogP contribution >= 0.6 is 0 Å². The van der Waals surface area contributed by atoms with Gasteiger partial charge in [0.15, 0.2) is 0 Å². The first kappa shape index (κ1) is 13.5. The number of aliphatic hydroxyl groups is 2. The van der Waals surface area contributed by atoms with Gasteiger partial charge in [-0.15, -0.1) is 0 Å². The third kappa shape index (κ3) is 1.77. The summed E-state index contributed by atoms with van der Waals surface area (Å²) in [6.45, 7) is 2.36. The van der Waals surface area contributed by atoms with Crippen LogP contribution in [0.15, 0.2) is 4.99 Å². The van der Waals surface area contributed by atoms with Crippen molar-refractivity contribution in [1.29, 1.82) is 0 Å². The van der Waals surface area contributed by atoms with Crippen LogP contribution in [0.5, 0.6) is 0 Å². The highest BCUT2D eigenvalue weighted by Gasteiger charge is 2.65. The molecule has 6 nitrogen and oxygen atoms in total. The van der Waals surface area contributed by atoms with Gasteiger partial charge in [-0.05, 0) is 26.3 Å². The van der Waals surface area contributed by atoms with E-state index in [4.69, 9.17) is 10.5 Å². The van der Waals surface area contributed by atoms with E-state index in [1.807, 2.05) is 0 Å². The van der Waals surface area contributed by atoms with Gasteiger partial charge < -0.3 is 20.7 Å². The maximum Gasteiger partial charge on any atom is 0.343 e. The Morgan fingerprint density at radius 1 is 1.61 bits per heavy atom. The van der Waals surface area contributed by atoms with Gasteiger partial charge in [0, 0.05) is 19.5 Å². The van der Waals surface area contributed by atoms with Crippen molar-refractivity contribution >= 4 is 6.02 Å². The molecule has 4 N–H and O–H groups in total. The number of amidine groups is 1. The largest absolute Gasteiger partial charge is 0.406 e. The molecule has 2 saturated heterocycles. The van der Waals surface area contributed by atoms with Crippen LogP contribution in [0.3, 0.4) is 0 Å². The smallest absolute Gasteiger partial charge is 0.343 e. The molecular formula is C11H20FN3O3. The molecule has 104 valence electrons. The lowest BCUT2D eigenvalue weighted by atomic mass is 9.90. The number of hydrogen-bond acceptors (Lipinski definition) is 5. The average molecular weight is 261 g/mol. The highest BCUT2D eigenvalue weighted by Crippen LogP contribution is 2.49. The number of ether oxygens (including phenoxy) is 1. The molecule has 0 aromatic rings. The van der Waals surface area contributed by atoms with Crippen molar-refractivity contribution in [3.05, 3.63) is 0 Å². The number of nitrogens with two attached hydrogens (primary N) is 1. The summed E-state index contributed by atoms with van der Waals surface area (Å²) in [5.41, 5.74) is 4.23. The van der Waals surface area contributed by atoms with Crippen LogP contribution in [0.25, 0.3) is 0 Å². The standard InChI is InChI=1S/C11H20FN3O3/c1-7-8(12)6-10(4-3-5-15(7)10)11(16,17)18-9(13)14-2/h7-8,16-17H,3-6H2,1-2H3,(H2,13,14)/t7?,8?,10-/m0/s1. The minimum atomic E-state index is -2.53. The predicted octanol–water partition coefficient (Wildman–Crippen LogP) is -0.449. The van der Waals surface area contributed by atoms with Crippen molar-refractivity contribution in [3.63, 3.8) is 0 Å².